The molecule has 0 bridgehead atoms. The van der Waals surface area contributed by atoms with E-state index in [1.165, 1.54) is 5.56 Å². The Labute approximate surface area is 132 Å². The van der Waals surface area contributed by atoms with Crippen molar-refractivity contribution in [2.45, 2.75) is 46.0 Å². The molecule has 2 aromatic rings. The first kappa shape index (κ1) is 16.3. The molecule has 0 N–H and O–H groups in total. The van der Waals surface area contributed by atoms with Crippen LogP contribution in [0.15, 0.2) is 18.2 Å². The molecule has 2 rings (SSSR count). The molecule has 0 aliphatic rings. The van der Waals surface area contributed by atoms with Gasteiger partial charge in [-0.15, -0.1) is 11.6 Å². The van der Waals surface area contributed by atoms with E-state index in [0.717, 1.165) is 36.4 Å². The highest BCUT2D eigenvalue weighted by molar-refractivity contribution is 6.20. The predicted molar refractivity (Wildman–Crippen MR) is 89.0 cm³/mol. The highest BCUT2D eigenvalue weighted by Crippen LogP contribution is 2.25. The van der Waals surface area contributed by atoms with Crippen molar-refractivity contribution in [2.75, 3.05) is 13.2 Å². The Morgan fingerprint density at radius 1 is 1.24 bits per heavy atom. The Bertz CT molecular complexity index is 590. The Balaban J connectivity index is 2.12. The molecule has 0 saturated heterocycles. The minimum atomic E-state index is -0.103. The van der Waals surface area contributed by atoms with Gasteiger partial charge in [0.2, 0.25) is 0 Å². The van der Waals surface area contributed by atoms with E-state index in [9.17, 15) is 0 Å². The van der Waals surface area contributed by atoms with Gasteiger partial charge in [0.05, 0.1) is 23.0 Å². The van der Waals surface area contributed by atoms with Crippen LogP contribution < -0.4 is 0 Å². The maximum atomic E-state index is 6.28. The van der Waals surface area contributed by atoms with Crippen LogP contribution in [-0.4, -0.2) is 22.8 Å². The van der Waals surface area contributed by atoms with Gasteiger partial charge in [0, 0.05) is 13.2 Å². The second-order valence-electron chi connectivity index (χ2n) is 6.02. The second kappa shape index (κ2) is 7.28. The summed E-state index contributed by atoms with van der Waals surface area (Å²) in [5.74, 6) is 1.60. The molecule has 0 aliphatic carbocycles. The molecule has 116 valence electrons. The first-order valence-corrected chi connectivity index (χ1v) is 8.11. The molecule has 1 unspecified atom stereocenters. The number of hydrogen-bond acceptors (Lipinski definition) is 2. The van der Waals surface area contributed by atoms with Crippen LogP contribution in [0.4, 0.5) is 0 Å². The van der Waals surface area contributed by atoms with Gasteiger partial charge in [-0.1, -0.05) is 19.9 Å². The van der Waals surface area contributed by atoms with Crippen molar-refractivity contribution < 1.29 is 4.74 Å². The molecule has 4 heteroatoms. The van der Waals surface area contributed by atoms with E-state index in [0.29, 0.717) is 12.5 Å². The van der Waals surface area contributed by atoms with Crippen molar-refractivity contribution in [3.63, 3.8) is 0 Å². The molecule has 0 saturated carbocycles. The van der Waals surface area contributed by atoms with Crippen LogP contribution in [0, 0.1) is 12.8 Å². The number of alkyl halides is 1. The summed E-state index contributed by atoms with van der Waals surface area (Å²) >= 11 is 6.28. The fraction of sp³-hybridized carbons (Fsp3) is 0.588. The lowest BCUT2D eigenvalue weighted by atomic mass is 10.1. The van der Waals surface area contributed by atoms with E-state index in [1.54, 1.807) is 0 Å². The molecule has 3 nitrogen and oxygen atoms in total. The van der Waals surface area contributed by atoms with Crippen LogP contribution in [0.3, 0.4) is 0 Å². The first-order valence-electron chi connectivity index (χ1n) is 7.67. The molecule has 21 heavy (non-hydrogen) atoms. The van der Waals surface area contributed by atoms with Crippen LogP contribution in [0.25, 0.3) is 11.0 Å². The molecule has 0 spiro atoms. The zero-order valence-electron chi connectivity index (χ0n) is 13.4. The normalized spacial score (nSPS) is 13.2. The lowest BCUT2D eigenvalue weighted by Gasteiger charge is -2.12. The van der Waals surface area contributed by atoms with Crippen molar-refractivity contribution in [1.29, 1.82) is 0 Å². The summed E-state index contributed by atoms with van der Waals surface area (Å²) in [4.78, 5) is 4.66. The summed E-state index contributed by atoms with van der Waals surface area (Å²) in [5, 5.41) is -0.103. The summed E-state index contributed by atoms with van der Waals surface area (Å²) in [5.41, 5.74) is 3.38. The van der Waals surface area contributed by atoms with Crippen LogP contribution in [-0.2, 0) is 11.3 Å². The Morgan fingerprint density at radius 2 is 2.00 bits per heavy atom. The lowest BCUT2D eigenvalue weighted by molar-refractivity contribution is 0.116. The van der Waals surface area contributed by atoms with E-state index in [-0.39, 0.29) is 5.38 Å². The third-order valence-electron chi connectivity index (χ3n) is 3.59. The molecule has 1 aromatic heterocycles. The summed E-state index contributed by atoms with van der Waals surface area (Å²) < 4.78 is 7.93. The van der Waals surface area contributed by atoms with Crippen molar-refractivity contribution in [1.82, 2.24) is 9.55 Å². The van der Waals surface area contributed by atoms with Crippen molar-refractivity contribution in [3.8, 4) is 0 Å². The minimum absolute atomic E-state index is 0.103. The number of ether oxygens (including phenoxy) is 1. The van der Waals surface area contributed by atoms with Gasteiger partial charge in [-0.2, -0.15) is 0 Å². The van der Waals surface area contributed by atoms with Gasteiger partial charge < -0.3 is 9.30 Å². The quantitative estimate of drug-likeness (QED) is 0.547. The summed E-state index contributed by atoms with van der Waals surface area (Å²) in [6.07, 6.45) is 1.10. The predicted octanol–water partition coefficient (Wildman–Crippen LogP) is 4.71. The number of aryl methyl sites for hydroxylation is 1. The Morgan fingerprint density at radius 3 is 2.67 bits per heavy atom. The molecular weight excluding hydrogens is 284 g/mol. The highest BCUT2D eigenvalue weighted by Gasteiger charge is 2.14. The zero-order chi connectivity index (χ0) is 15.4. The summed E-state index contributed by atoms with van der Waals surface area (Å²) in [6.45, 7) is 10.8. The molecule has 1 aromatic carbocycles. The average Bonchev–Trinajstić information content (AvgIpc) is 2.76. The van der Waals surface area contributed by atoms with Crippen molar-refractivity contribution in [3.05, 3.63) is 29.6 Å². The van der Waals surface area contributed by atoms with Gasteiger partial charge in [-0.05, 0) is 43.9 Å². The monoisotopic (exact) mass is 308 g/mol. The molecule has 1 heterocycles. The van der Waals surface area contributed by atoms with Crippen LogP contribution in [0.1, 0.15) is 44.0 Å². The number of imidazole rings is 1. The fourth-order valence-corrected chi connectivity index (χ4v) is 2.53. The van der Waals surface area contributed by atoms with Gasteiger partial charge in [-0.3, -0.25) is 0 Å². The van der Waals surface area contributed by atoms with Crippen molar-refractivity contribution >= 4 is 22.6 Å². The second-order valence-corrected chi connectivity index (χ2v) is 6.68. The smallest absolute Gasteiger partial charge is 0.127 e. The van der Waals surface area contributed by atoms with Crippen LogP contribution in [0.5, 0.6) is 0 Å². The SMILES string of the molecule is Cc1ccc2nc(C(C)Cl)n(CCOCCC(C)C)c2c1. The zero-order valence-corrected chi connectivity index (χ0v) is 14.2. The maximum absolute atomic E-state index is 6.28. The van der Waals surface area contributed by atoms with Gasteiger partial charge in [0.1, 0.15) is 5.82 Å². The first-order chi connectivity index (χ1) is 9.99. The van der Waals surface area contributed by atoms with E-state index in [4.69, 9.17) is 16.3 Å². The highest BCUT2D eigenvalue weighted by atomic mass is 35.5. The molecule has 0 amide bonds. The van der Waals surface area contributed by atoms with Gasteiger partial charge in [-0.25, -0.2) is 4.98 Å². The topological polar surface area (TPSA) is 27.1 Å². The van der Waals surface area contributed by atoms with Gasteiger partial charge in [0.15, 0.2) is 0 Å². The average molecular weight is 309 g/mol. The van der Waals surface area contributed by atoms with Gasteiger partial charge >= 0.3 is 0 Å². The molecule has 0 radical (unpaired) electrons. The van der Waals surface area contributed by atoms with E-state index < -0.39 is 0 Å². The summed E-state index contributed by atoms with van der Waals surface area (Å²) in [7, 11) is 0. The van der Waals surface area contributed by atoms with Crippen molar-refractivity contribution in [2.24, 2.45) is 5.92 Å². The number of benzene rings is 1. The molecular formula is C17H25ClN2O. The third-order valence-corrected chi connectivity index (χ3v) is 3.78. The summed E-state index contributed by atoms with van der Waals surface area (Å²) in [6, 6.07) is 6.31. The Hall–Kier alpha value is -1.06. The number of fused-ring (bicyclic) bond motifs is 1. The number of rotatable bonds is 7. The Kier molecular flexibility index (Phi) is 5.65. The molecule has 0 fully saturated rings. The largest absolute Gasteiger partial charge is 0.380 e. The number of nitrogens with zero attached hydrogens (tertiary/aromatic N) is 2. The molecule has 0 aliphatic heterocycles. The van der Waals surface area contributed by atoms with Crippen LogP contribution in [0.2, 0.25) is 0 Å². The van der Waals surface area contributed by atoms with E-state index in [1.807, 2.05) is 6.92 Å². The fourth-order valence-electron chi connectivity index (χ4n) is 2.37. The number of hydrogen-bond donors (Lipinski definition) is 0. The van der Waals surface area contributed by atoms with E-state index >= 15 is 0 Å². The van der Waals surface area contributed by atoms with Crippen LogP contribution >= 0.6 is 11.6 Å². The maximum Gasteiger partial charge on any atom is 0.127 e. The van der Waals surface area contributed by atoms with Gasteiger partial charge in [0.25, 0.3) is 0 Å². The standard InChI is InChI=1S/C17H25ClN2O/c1-12(2)7-9-21-10-8-20-16-11-13(3)5-6-15(16)19-17(20)14(4)18/h5-6,11-12,14H,7-10H2,1-4H3. The lowest BCUT2D eigenvalue weighted by Crippen LogP contribution is -2.11. The molecule has 1 atom stereocenters. The van der Waals surface area contributed by atoms with E-state index in [2.05, 4.69) is 48.5 Å². The minimum Gasteiger partial charge on any atom is -0.380 e. The third kappa shape index (κ3) is 4.21. The number of aromatic nitrogens is 2. The number of halogens is 1.